The molecule has 2 aromatic rings. The molecule has 0 aliphatic rings. The van der Waals surface area contributed by atoms with Gasteiger partial charge in [-0.1, -0.05) is 18.2 Å². The van der Waals surface area contributed by atoms with E-state index in [1.807, 2.05) is 0 Å². The van der Waals surface area contributed by atoms with Crippen molar-refractivity contribution in [3.63, 3.8) is 0 Å². The Hall–Kier alpha value is -3.88. The van der Waals surface area contributed by atoms with E-state index in [-0.39, 0.29) is 12.2 Å². The van der Waals surface area contributed by atoms with E-state index in [9.17, 15) is 18.8 Å². The molecule has 2 rings (SSSR count). The van der Waals surface area contributed by atoms with Crippen molar-refractivity contribution in [3.05, 3.63) is 65.5 Å². The third-order valence-electron chi connectivity index (χ3n) is 4.14. The summed E-state index contributed by atoms with van der Waals surface area (Å²) >= 11 is 0. The van der Waals surface area contributed by atoms with Crippen LogP contribution in [0.1, 0.15) is 17.2 Å². The Balaban J connectivity index is 2.19. The van der Waals surface area contributed by atoms with Crippen LogP contribution in [0.5, 0.6) is 11.5 Å². The van der Waals surface area contributed by atoms with Gasteiger partial charge < -0.3 is 25.8 Å². The molecule has 30 heavy (non-hydrogen) atoms. The van der Waals surface area contributed by atoms with Gasteiger partial charge in [0.15, 0.2) is 18.1 Å². The molecule has 1 unspecified atom stereocenters. The number of ether oxygens (including phenoxy) is 2. The van der Waals surface area contributed by atoms with Gasteiger partial charge in [-0.15, -0.1) is 0 Å². The number of nitrogens with zero attached hydrogens (tertiary/aromatic N) is 1. The molecular formula is C21H22FN3O5. The summed E-state index contributed by atoms with van der Waals surface area (Å²) < 4.78 is 24.0. The maximum absolute atomic E-state index is 13.5. The van der Waals surface area contributed by atoms with Crippen LogP contribution in [0.25, 0.3) is 6.08 Å². The van der Waals surface area contributed by atoms with Gasteiger partial charge in [-0.25, -0.2) is 4.39 Å². The van der Waals surface area contributed by atoms with E-state index in [2.05, 4.69) is 0 Å². The lowest BCUT2D eigenvalue weighted by molar-refractivity contribution is -0.134. The highest BCUT2D eigenvalue weighted by molar-refractivity contribution is 5.95. The third kappa shape index (κ3) is 5.81. The average Bonchev–Trinajstić information content (AvgIpc) is 2.70. The zero-order valence-corrected chi connectivity index (χ0v) is 16.5. The van der Waals surface area contributed by atoms with Crippen LogP contribution in [0.15, 0.2) is 48.5 Å². The zero-order valence-electron chi connectivity index (χ0n) is 16.5. The molecule has 0 fully saturated rings. The van der Waals surface area contributed by atoms with Gasteiger partial charge in [0.1, 0.15) is 11.9 Å². The highest BCUT2D eigenvalue weighted by Crippen LogP contribution is 2.28. The highest BCUT2D eigenvalue weighted by Gasteiger charge is 2.25. The first-order valence-corrected chi connectivity index (χ1v) is 8.81. The number of benzene rings is 2. The Bertz CT molecular complexity index is 977. The van der Waals surface area contributed by atoms with Crippen LogP contribution in [0.3, 0.4) is 0 Å². The monoisotopic (exact) mass is 415 g/mol. The third-order valence-corrected chi connectivity index (χ3v) is 4.14. The maximum Gasteiger partial charge on any atom is 0.255 e. The highest BCUT2D eigenvalue weighted by atomic mass is 19.1. The quantitative estimate of drug-likeness (QED) is 0.599. The molecule has 4 N–H and O–H groups in total. The van der Waals surface area contributed by atoms with Crippen molar-refractivity contribution >= 4 is 23.8 Å². The molecule has 0 spiro atoms. The summed E-state index contributed by atoms with van der Waals surface area (Å²) in [4.78, 5) is 36.4. The summed E-state index contributed by atoms with van der Waals surface area (Å²) in [6, 6.07) is 9.00. The minimum Gasteiger partial charge on any atom is -0.493 e. The van der Waals surface area contributed by atoms with E-state index >= 15 is 0 Å². The lowest BCUT2D eigenvalue weighted by Crippen LogP contribution is -2.38. The summed E-state index contributed by atoms with van der Waals surface area (Å²) in [5.74, 6) is -1.82. The summed E-state index contributed by atoms with van der Waals surface area (Å²) in [6.45, 7) is -0.302. The predicted molar refractivity (Wildman–Crippen MR) is 108 cm³/mol. The molecule has 158 valence electrons. The minimum absolute atomic E-state index is 0.268. The number of carbonyl (C=O) groups is 3. The molecule has 0 aliphatic heterocycles. The van der Waals surface area contributed by atoms with Gasteiger partial charge in [0, 0.05) is 13.1 Å². The summed E-state index contributed by atoms with van der Waals surface area (Å²) in [7, 11) is 2.82. The number of rotatable bonds is 9. The van der Waals surface area contributed by atoms with Gasteiger partial charge in [-0.2, -0.15) is 0 Å². The largest absolute Gasteiger partial charge is 0.493 e. The fraction of sp³-hybridized carbons (Fsp3) is 0.190. The molecule has 0 heterocycles. The lowest BCUT2D eigenvalue weighted by Gasteiger charge is -2.25. The number of hydrogen-bond acceptors (Lipinski definition) is 5. The average molecular weight is 415 g/mol. The van der Waals surface area contributed by atoms with Gasteiger partial charge in [0.25, 0.3) is 5.91 Å². The fourth-order valence-electron chi connectivity index (χ4n) is 2.72. The molecule has 0 saturated heterocycles. The number of hydrogen-bond donors (Lipinski definition) is 2. The van der Waals surface area contributed by atoms with Crippen LogP contribution >= 0.6 is 0 Å². The second kappa shape index (κ2) is 10.1. The Kier molecular flexibility index (Phi) is 7.51. The first-order chi connectivity index (χ1) is 14.2. The minimum atomic E-state index is -1.13. The Morgan fingerprint density at radius 3 is 2.47 bits per heavy atom. The molecule has 3 amide bonds. The van der Waals surface area contributed by atoms with Crippen LogP contribution < -0.4 is 20.9 Å². The molecule has 0 saturated carbocycles. The number of likely N-dealkylation sites (N-methyl/N-ethyl adjacent to an activating group) is 1. The van der Waals surface area contributed by atoms with E-state index in [4.69, 9.17) is 20.9 Å². The van der Waals surface area contributed by atoms with Crippen molar-refractivity contribution in [1.29, 1.82) is 0 Å². The molecule has 0 bridgehead atoms. The van der Waals surface area contributed by atoms with Crippen LogP contribution in [0.2, 0.25) is 0 Å². The van der Waals surface area contributed by atoms with Crippen molar-refractivity contribution in [2.45, 2.75) is 6.04 Å². The van der Waals surface area contributed by atoms with E-state index in [0.29, 0.717) is 17.1 Å². The van der Waals surface area contributed by atoms with Crippen molar-refractivity contribution < 1.29 is 28.2 Å². The van der Waals surface area contributed by atoms with Gasteiger partial charge in [0.2, 0.25) is 11.8 Å². The van der Waals surface area contributed by atoms with Gasteiger partial charge in [-0.05, 0) is 41.5 Å². The molecule has 1 atom stereocenters. The van der Waals surface area contributed by atoms with Crippen molar-refractivity contribution in [2.24, 2.45) is 11.5 Å². The smallest absolute Gasteiger partial charge is 0.255 e. The predicted octanol–water partition coefficient (Wildman–Crippen LogP) is 1.40. The number of primary amides is 2. The van der Waals surface area contributed by atoms with Crippen molar-refractivity contribution in [3.8, 4) is 11.5 Å². The second-order valence-corrected chi connectivity index (χ2v) is 6.31. The normalized spacial score (nSPS) is 11.7. The van der Waals surface area contributed by atoms with Crippen LogP contribution in [-0.2, 0) is 14.4 Å². The van der Waals surface area contributed by atoms with E-state index in [1.54, 1.807) is 18.2 Å². The summed E-state index contributed by atoms with van der Waals surface area (Å²) in [6.07, 6.45) is 2.75. The van der Waals surface area contributed by atoms with Crippen molar-refractivity contribution in [2.75, 3.05) is 20.8 Å². The maximum atomic E-state index is 13.5. The molecule has 2 aromatic carbocycles. The molecule has 9 heteroatoms. The van der Waals surface area contributed by atoms with Gasteiger partial charge in [0.05, 0.1) is 7.11 Å². The number of halogens is 1. The first kappa shape index (κ1) is 22.4. The Morgan fingerprint density at radius 2 is 1.87 bits per heavy atom. The van der Waals surface area contributed by atoms with Gasteiger partial charge >= 0.3 is 0 Å². The number of methoxy groups -OCH3 is 1. The van der Waals surface area contributed by atoms with Crippen LogP contribution in [-0.4, -0.2) is 43.4 Å². The Labute approximate surface area is 172 Å². The van der Waals surface area contributed by atoms with Crippen LogP contribution in [0.4, 0.5) is 4.39 Å². The summed E-state index contributed by atoms with van der Waals surface area (Å²) in [5, 5.41) is 0. The standard InChI is InChI=1S/C21H22FN3O5/c1-25(20(21(24)28)14-4-3-5-15(22)11-14)19(27)9-7-13-6-8-16(17(10-13)29-2)30-12-18(23)26/h3-11,20H,12H2,1-2H3,(H2,23,26)(H2,24,28)/b9-7+. The van der Waals surface area contributed by atoms with Crippen LogP contribution in [0, 0.1) is 5.82 Å². The molecular weight excluding hydrogens is 393 g/mol. The first-order valence-electron chi connectivity index (χ1n) is 8.81. The molecule has 0 aromatic heterocycles. The SMILES string of the molecule is COc1cc(/C=C/C(=O)N(C)C(C(N)=O)c2cccc(F)c2)ccc1OCC(N)=O. The number of carbonyl (C=O) groups excluding carboxylic acids is 3. The summed E-state index contributed by atoms with van der Waals surface area (Å²) in [5.41, 5.74) is 11.3. The van der Waals surface area contributed by atoms with E-state index in [1.165, 1.54) is 44.5 Å². The molecule has 0 aliphatic carbocycles. The lowest BCUT2D eigenvalue weighted by atomic mass is 10.0. The zero-order chi connectivity index (χ0) is 22.3. The number of nitrogens with two attached hydrogens (primary N) is 2. The topological polar surface area (TPSA) is 125 Å². The Morgan fingerprint density at radius 1 is 1.13 bits per heavy atom. The second-order valence-electron chi connectivity index (χ2n) is 6.31. The molecule has 0 radical (unpaired) electrons. The number of amides is 3. The van der Waals surface area contributed by atoms with E-state index in [0.717, 1.165) is 11.0 Å². The van der Waals surface area contributed by atoms with E-state index < -0.39 is 29.6 Å². The fourth-order valence-corrected chi connectivity index (χ4v) is 2.72. The molecule has 8 nitrogen and oxygen atoms in total. The van der Waals surface area contributed by atoms with Crippen molar-refractivity contribution in [1.82, 2.24) is 4.90 Å². The van der Waals surface area contributed by atoms with Gasteiger partial charge in [-0.3, -0.25) is 14.4 Å².